The topological polar surface area (TPSA) is 76.9 Å². The zero-order chi connectivity index (χ0) is 22.1. The lowest BCUT2D eigenvalue weighted by Crippen LogP contribution is -2.52. The number of hydrogen-bond acceptors (Lipinski definition) is 6. The number of hydrogen-bond donors (Lipinski definition) is 2. The van der Waals surface area contributed by atoms with Gasteiger partial charge in [-0.1, -0.05) is 54.6 Å². The van der Waals surface area contributed by atoms with E-state index in [1.807, 2.05) is 30.3 Å². The predicted octanol–water partition coefficient (Wildman–Crippen LogP) is 3.19. The lowest BCUT2D eigenvalue weighted by atomic mass is 10.0. The first-order chi connectivity index (χ1) is 15.6. The van der Waals surface area contributed by atoms with Crippen molar-refractivity contribution in [2.45, 2.75) is 18.8 Å². The molecular weight excluding hydrogens is 422 g/mol. The van der Waals surface area contributed by atoms with Gasteiger partial charge in [0.1, 0.15) is 11.1 Å². The molecule has 0 bridgehead atoms. The lowest BCUT2D eigenvalue weighted by Gasteiger charge is -2.36. The van der Waals surface area contributed by atoms with E-state index >= 15 is 0 Å². The van der Waals surface area contributed by atoms with Crippen LogP contribution in [0.1, 0.15) is 16.7 Å². The van der Waals surface area contributed by atoms with Crippen LogP contribution in [0.2, 0.25) is 0 Å². The number of aliphatic hydroxyl groups excluding tert-OH is 2. The Hall–Kier alpha value is -2.84. The molecular formula is C25H25N3O3S. The minimum Gasteiger partial charge on any atom is -0.383 e. The van der Waals surface area contributed by atoms with Crippen LogP contribution in [-0.2, 0) is 11.3 Å². The van der Waals surface area contributed by atoms with E-state index in [0.717, 1.165) is 29.9 Å². The summed E-state index contributed by atoms with van der Waals surface area (Å²) in [5, 5.41) is 24.0. The van der Waals surface area contributed by atoms with E-state index in [1.54, 1.807) is 4.90 Å². The van der Waals surface area contributed by atoms with Crippen molar-refractivity contribution in [1.82, 2.24) is 14.8 Å². The second-order valence-electron chi connectivity index (χ2n) is 8.15. The molecule has 0 aliphatic carbocycles. The number of fused-ring (bicyclic) bond motifs is 2. The van der Waals surface area contributed by atoms with E-state index in [0.29, 0.717) is 18.1 Å². The number of carbonyl (C=O) groups excluding carboxylic acids is 1. The lowest BCUT2D eigenvalue weighted by molar-refractivity contribution is -0.148. The van der Waals surface area contributed by atoms with Crippen molar-refractivity contribution >= 4 is 38.2 Å². The van der Waals surface area contributed by atoms with E-state index in [-0.39, 0.29) is 0 Å². The number of aromatic nitrogens is 1. The number of piperazine rings is 1. The summed E-state index contributed by atoms with van der Waals surface area (Å²) in [6.45, 7) is 3.30. The molecule has 0 radical (unpaired) electrons. The van der Waals surface area contributed by atoms with Gasteiger partial charge in [-0.25, -0.2) is 4.98 Å². The highest BCUT2D eigenvalue weighted by atomic mass is 32.1. The van der Waals surface area contributed by atoms with Crippen LogP contribution in [0.5, 0.6) is 0 Å². The van der Waals surface area contributed by atoms with Crippen LogP contribution in [0.25, 0.3) is 21.0 Å². The zero-order valence-corrected chi connectivity index (χ0v) is 18.4. The maximum absolute atomic E-state index is 12.8. The van der Waals surface area contributed by atoms with Gasteiger partial charge in [0.25, 0.3) is 5.91 Å². The zero-order valence-electron chi connectivity index (χ0n) is 17.6. The number of para-hydroxylation sites is 1. The SMILES string of the molecule is O=C(C(O)C(O)c1nc2ccccc2s1)N1CCN(Cc2cccc3ccccc23)CC1. The molecule has 32 heavy (non-hydrogen) atoms. The number of amides is 1. The largest absolute Gasteiger partial charge is 0.383 e. The van der Waals surface area contributed by atoms with Crippen molar-refractivity contribution in [1.29, 1.82) is 0 Å². The molecule has 4 aromatic rings. The van der Waals surface area contributed by atoms with Crippen LogP contribution < -0.4 is 0 Å². The number of rotatable bonds is 5. The third kappa shape index (κ3) is 4.12. The summed E-state index contributed by atoms with van der Waals surface area (Å²) in [5.41, 5.74) is 2.03. The van der Waals surface area contributed by atoms with Crippen molar-refractivity contribution < 1.29 is 15.0 Å². The molecule has 1 fully saturated rings. The summed E-state index contributed by atoms with van der Waals surface area (Å²) >= 11 is 1.30. The van der Waals surface area contributed by atoms with E-state index in [9.17, 15) is 15.0 Å². The van der Waals surface area contributed by atoms with Gasteiger partial charge in [-0.2, -0.15) is 0 Å². The van der Waals surface area contributed by atoms with E-state index in [1.165, 1.54) is 27.7 Å². The Balaban J connectivity index is 1.21. The Labute approximate surface area is 190 Å². The third-order valence-corrected chi connectivity index (χ3v) is 7.18. The predicted molar refractivity (Wildman–Crippen MR) is 126 cm³/mol. The smallest absolute Gasteiger partial charge is 0.254 e. The van der Waals surface area contributed by atoms with Crippen LogP contribution in [0.4, 0.5) is 0 Å². The van der Waals surface area contributed by atoms with Crippen molar-refractivity contribution in [2.24, 2.45) is 0 Å². The maximum atomic E-state index is 12.8. The van der Waals surface area contributed by atoms with Gasteiger partial charge < -0.3 is 15.1 Å². The quantitative estimate of drug-likeness (QED) is 0.491. The molecule has 2 atom stereocenters. The number of nitrogens with zero attached hydrogens (tertiary/aromatic N) is 3. The fourth-order valence-electron chi connectivity index (χ4n) is 4.27. The van der Waals surface area contributed by atoms with Gasteiger partial charge >= 0.3 is 0 Å². The van der Waals surface area contributed by atoms with Crippen LogP contribution >= 0.6 is 11.3 Å². The molecule has 164 valence electrons. The van der Waals surface area contributed by atoms with Gasteiger partial charge in [0.2, 0.25) is 0 Å². The summed E-state index contributed by atoms with van der Waals surface area (Å²) in [5.74, 6) is -0.443. The highest BCUT2D eigenvalue weighted by Gasteiger charge is 2.33. The first kappa shape index (κ1) is 21.0. The van der Waals surface area contributed by atoms with Gasteiger partial charge in [0.15, 0.2) is 6.10 Å². The summed E-state index contributed by atoms with van der Waals surface area (Å²) in [7, 11) is 0. The van der Waals surface area contributed by atoms with Crippen molar-refractivity contribution in [2.75, 3.05) is 26.2 Å². The van der Waals surface area contributed by atoms with Crippen molar-refractivity contribution in [3.63, 3.8) is 0 Å². The number of carbonyl (C=O) groups is 1. The molecule has 1 aliphatic rings. The highest BCUT2D eigenvalue weighted by molar-refractivity contribution is 7.18. The number of thiazole rings is 1. The molecule has 0 saturated carbocycles. The maximum Gasteiger partial charge on any atom is 0.254 e. The molecule has 2 unspecified atom stereocenters. The van der Waals surface area contributed by atoms with Crippen molar-refractivity contribution in [3.8, 4) is 0 Å². The monoisotopic (exact) mass is 447 g/mol. The van der Waals surface area contributed by atoms with Gasteiger partial charge in [0, 0.05) is 32.7 Å². The molecule has 1 saturated heterocycles. The van der Waals surface area contributed by atoms with Gasteiger partial charge in [-0.3, -0.25) is 9.69 Å². The molecule has 1 aliphatic heterocycles. The summed E-state index contributed by atoms with van der Waals surface area (Å²) in [6.07, 6.45) is -2.84. The fourth-order valence-corrected chi connectivity index (χ4v) is 5.26. The second-order valence-corrected chi connectivity index (χ2v) is 9.21. The molecule has 7 heteroatoms. The minimum atomic E-state index is -1.51. The van der Waals surface area contributed by atoms with Crippen LogP contribution in [0.15, 0.2) is 66.7 Å². The Morgan fingerprint density at radius 3 is 2.47 bits per heavy atom. The summed E-state index contributed by atoms with van der Waals surface area (Å²) in [4.78, 5) is 21.2. The van der Waals surface area contributed by atoms with Crippen LogP contribution in [0, 0.1) is 0 Å². The molecule has 1 amide bonds. The molecule has 1 aromatic heterocycles. The summed E-state index contributed by atoms with van der Waals surface area (Å²) < 4.78 is 0.920. The van der Waals surface area contributed by atoms with Gasteiger partial charge in [0.05, 0.1) is 10.2 Å². The van der Waals surface area contributed by atoms with E-state index in [2.05, 4.69) is 46.3 Å². The van der Waals surface area contributed by atoms with Crippen LogP contribution in [0.3, 0.4) is 0 Å². The molecule has 0 spiro atoms. The van der Waals surface area contributed by atoms with E-state index in [4.69, 9.17) is 0 Å². The first-order valence-electron chi connectivity index (χ1n) is 10.8. The first-order valence-corrected chi connectivity index (χ1v) is 11.6. The molecule has 5 rings (SSSR count). The van der Waals surface area contributed by atoms with Gasteiger partial charge in [-0.15, -0.1) is 11.3 Å². The Kier molecular flexibility index (Phi) is 5.89. The number of benzene rings is 3. The Morgan fingerprint density at radius 2 is 1.66 bits per heavy atom. The Bertz CT molecular complexity index is 1210. The Morgan fingerprint density at radius 1 is 0.938 bits per heavy atom. The van der Waals surface area contributed by atoms with Crippen molar-refractivity contribution in [3.05, 3.63) is 77.3 Å². The fraction of sp³-hybridized carbons (Fsp3) is 0.280. The van der Waals surface area contributed by atoms with Crippen LogP contribution in [-0.4, -0.2) is 63.2 Å². The average Bonchev–Trinajstić information content (AvgIpc) is 3.28. The normalized spacial score (nSPS) is 17.0. The number of aliphatic hydroxyl groups is 2. The average molecular weight is 448 g/mol. The molecule has 3 aromatic carbocycles. The molecule has 2 heterocycles. The standard InChI is InChI=1S/C25H25N3O3S/c29-22(24-26-20-10-3-4-11-21(20)32-24)23(30)25(31)28-14-12-27(13-15-28)16-18-8-5-7-17-6-1-2-9-19(17)18/h1-11,22-23,29-30H,12-16H2. The second kappa shape index (κ2) is 8.96. The minimum absolute atomic E-state index is 0.363. The van der Waals surface area contributed by atoms with E-state index < -0.39 is 18.1 Å². The summed E-state index contributed by atoms with van der Waals surface area (Å²) in [6, 6.07) is 22.2. The molecule has 6 nitrogen and oxygen atoms in total. The van der Waals surface area contributed by atoms with Gasteiger partial charge in [-0.05, 0) is 28.5 Å². The molecule has 2 N–H and O–H groups in total. The third-order valence-electron chi connectivity index (χ3n) is 6.07. The highest BCUT2D eigenvalue weighted by Crippen LogP contribution is 2.28.